The van der Waals surface area contributed by atoms with Crippen LogP contribution in [0.5, 0.6) is 0 Å². The summed E-state index contributed by atoms with van der Waals surface area (Å²) in [5.41, 5.74) is 0.249. The van der Waals surface area contributed by atoms with Crippen molar-refractivity contribution in [2.45, 2.75) is 5.25 Å². The minimum atomic E-state index is -4.30. The summed E-state index contributed by atoms with van der Waals surface area (Å²) in [5, 5.41) is 3.69. The van der Waals surface area contributed by atoms with Crippen LogP contribution >= 0.6 is 0 Å². The van der Waals surface area contributed by atoms with Gasteiger partial charge in [0.1, 0.15) is 11.5 Å². The van der Waals surface area contributed by atoms with Crippen LogP contribution in [0, 0.1) is 0 Å². The summed E-state index contributed by atoms with van der Waals surface area (Å²) < 4.78 is 31.0. The second-order valence-electron chi connectivity index (χ2n) is 3.49. The van der Waals surface area contributed by atoms with Gasteiger partial charge in [0.05, 0.1) is 0 Å². The highest BCUT2D eigenvalue weighted by Crippen LogP contribution is 1.96. The van der Waals surface area contributed by atoms with Crippen molar-refractivity contribution in [1.82, 2.24) is 10.6 Å². The second kappa shape index (κ2) is 7.75. The Hall–Kier alpha value is -1.51. The fourth-order valence-corrected chi connectivity index (χ4v) is 1.63. The van der Waals surface area contributed by atoms with Gasteiger partial charge >= 0.3 is 0 Å². The quantitative estimate of drug-likeness (QED) is 0.280. The summed E-state index contributed by atoms with van der Waals surface area (Å²) in [6, 6.07) is 0. The monoisotopic (exact) mass is 276 g/mol. The molecule has 18 heavy (non-hydrogen) atoms. The molecule has 0 bridgehead atoms. The van der Waals surface area contributed by atoms with Crippen LogP contribution in [0.3, 0.4) is 0 Å². The summed E-state index contributed by atoms with van der Waals surface area (Å²) >= 11 is 0. The molecule has 0 rings (SSSR count). The molecule has 8 heteroatoms. The van der Waals surface area contributed by atoms with E-state index >= 15 is 0 Å². The van der Waals surface area contributed by atoms with E-state index in [9.17, 15) is 18.0 Å². The predicted octanol–water partition coefficient (Wildman–Crippen LogP) is -1.11. The van der Waals surface area contributed by atoms with E-state index in [2.05, 4.69) is 23.8 Å². The van der Waals surface area contributed by atoms with Gasteiger partial charge in [-0.1, -0.05) is 13.2 Å². The van der Waals surface area contributed by atoms with Gasteiger partial charge in [-0.3, -0.25) is 14.1 Å². The first-order valence-corrected chi connectivity index (χ1v) is 6.51. The van der Waals surface area contributed by atoms with Gasteiger partial charge < -0.3 is 10.6 Å². The number of carbonyl (C=O) groups excluding carboxylic acids is 2. The lowest BCUT2D eigenvalue weighted by molar-refractivity contribution is -0.116. The Balaban J connectivity index is 4.34. The average molecular weight is 276 g/mol. The zero-order chi connectivity index (χ0) is 14.2. The van der Waals surface area contributed by atoms with E-state index in [4.69, 9.17) is 4.55 Å². The predicted molar refractivity (Wildman–Crippen MR) is 66.6 cm³/mol. The van der Waals surface area contributed by atoms with E-state index in [-0.39, 0.29) is 25.2 Å². The molecule has 0 aliphatic rings. The van der Waals surface area contributed by atoms with Crippen LogP contribution in [0.2, 0.25) is 0 Å². The summed E-state index contributed by atoms with van der Waals surface area (Å²) in [6.07, 6.45) is 1.53. The highest BCUT2D eigenvalue weighted by Gasteiger charge is 2.22. The van der Waals surface area contributed by atoms with Crippen molar-refractivity contribution >= 4 is 22.3 Å². The van der Waals surface area contributed by atoms with Gasteiger partial charge in [0, 0.05) is 19.6 Å². The van der Waals surface area contributed by atoms with E-state index < -0.39 is 21.3 Å². The zero-order valence-corrected chi connectivity index (χ0v) is 10.6. The Bertz CT molecular complexity index is 430. The fourth-order valence-electron chi connectivity index (χ4n) is 1.00. The molecule has 3 N–H and O–H groups in total. The fraction of sp³-hybridized carbons (Fsp3) is 0.400. The average Bonchev–Trinajstić information content (AvgIpc) is 2.30. The Morgan fingerprint density at radius 3 is 2.44 bits per heavy atom. The van der Waals surface area contributed by atoms with Crippen LogP contribution < -0.4 is 10.6 Å². The Morgan fingerprint density at radius 2 is 2.00 bits per heavy atom. The molecule has 102 valence electrons. The highest BCUT2D eigenvalue weighted by atomic mass is 32.2. The van der Waals surface area contributed by atoms with Crippen molar-refractivity contribution < 1.29 is 22.6 Å². The van der Waals surface area contributed by atoms with Crippen LogP contribution in [0.1, 0.15) is 0 Å². The van der Waals surface area contributed by atoms with Crippen LogP contribution in [-0.4, -0.2) is 50.0 Å². The van der Waals surface area contributed by atoms with E-state index in [0.29, 0.717) is 6.29 Å². The minimum absolute atomic E-state index is 0.102. The lowest BCUT2D eigenvalue weighted by Gasteiger charge is -2.14. The smallest absolute Gasteiger partial charge is 0.270 e. The van der Waals surface area contributed by atoms with E-state index in [1.807, 2.05) is 0 Å². The molecule has 1 atom stereocenters. The highest BCUT2D eigenvalue weighted by molar-refractivity contribution is 7.86. The summed E-state index contributed by atoms with van der Waals surface area (Å²) in [7, 11) is -4.30. The molecular formula is C10H16N2O5S. The third-order valence-corrected chi connectivity index (χ3v) is 3.18. The van der Waals surface area contributed by atoms with E-state index in [1.165, 1.54) is 0 Å². The van der Waals surface area contributed by atoms with Crippen LogP contribution in [-0.2, 0) is 19.7 Å². The number of hydrogen-bond acceptors (Lipinski definition) is 5. The first-order valence-electron chi connectivity index (χ1n) is 5.01. The Morgan fingerprint density at radius 1 is 1.39 bits per heavy atom. The minimum Gasteiger partial charge on any atom is -0.351 e. The van der Waals surface area contributed by atoms with E-state index in [1.54, 1.807) is 0 Å². The van der Waals surface area contributed by atoms with Crippen molar-refractivity contribution in [3.05, 3.63) is 24.8 Å². The maximum absolute atomic E-state index is 11.0. The molecule has 0 aliphatic heterocycles. The van der Waals surface area contributed by atoms with Gasteiger partial charge in [0.15, 0.2) is 0 Å². The molecular weight excluding hydrogens is 260 g/mol. The molecule has 0 aromatic carbocycles. The first-order chi connectivity index (χ1) is 8.31. The standard InChI is InChI=1S/C10H16N2O5S/c1-3-10(14)12-6-9(18(15,16)17)5-11-4-8(2)7-13/h3,7,9,11H,1-2,4-6H2,(H,12,14)(H,15,16,17). The van der Waals surface area contributed by atoms with Gasteiger partial charge in [0.2, 0.25) is 5.91 Å². The number of rotatable bonds is 9. The van der Waals surface area contributed by atoms with Crippen LogP contribution in [0.4, 0.5) is 0 Å². The summed E-state index contributed by atoms with van der Waals surface area (Å²) in [4.78, 5) is 21.1. The third kappa shape index (κ3) is 6.94. The van der Waals surface area contributed by atoms with E-state index in [0.717, 1.165) is 6.08 Å². The topological polar surface area (TPSA) is 113 Å². The summed E-state index contributed by atoms with van der Waals surface area (Å²) in [5.74, 6) is -0.541. The SMILES string of the molecule is C=CC(=O)NCC(CNCC(=C)C=O)S(=O)(=O)O. The lowest BCUT2D eigenvalue weighted by atomic mass is 10.3. The molecule has 0 saturated carbocycles. The second-order valence-corrected chi connectivity index (χ2v) is 5.19. The van der Waals surface area contributed by atoms with Crippen LogP contribution in [0.25, 0.3) is 0 Å². The van der Waals surface area contributed by atoms with Crippen molar-refractivity contribution in [3.63, 3.8) is 0 Å². The molecule has 0 fully saturated rings. The van der Waals surface area contributed by atoms with Crippen molar-refractivity contribution in [1.29, 1.82) is 0 Å². The molecule has 1 unspecified atom stereocenters. The van der Waals surface area contributed by atoms with Gasteiger partial charge in [-0.25, -0.2) is 0 Å². The first kappa shape index (κ1) is 16.5. The normalized spacial score (nSPS) is 12.5. The number of aldehydes is 1. The molecule has 0 aromatic heterocycles. The maximum atomic E-state index is 11.0. The molecule has 7 nitrogen and oxygen atoms in total. The van der Waals surface area contributed by atoms with Gasteiger partial charge in [-0.05, 0) is 11.6 Å². The molecule has 0 aromatic rings. The van der Waals surface area contributed by atoms with Crippen molar-refractivity contribution in [2.75, 3.05) is 19.6 Å². The third-order valence-electron chi connectivity index (χ3n) is 2.00. The number of hydrogen-bond donors (Lipinski definition) is 3. The number of amides is 1. The van der Waals surface area contributed by atoms with Gasteiger partial charge in [-0.2, -0.15) is 8.42 Å². The maximum Gasteiger partial charge on any atom is 0.270 e. The summed E-state index contributed by atoms with van der Waals surface area (Å²) in [6.45, 7) is 6.32. The number of nitrogens with one attached hydrogen (secondary N) is 2. The Labute approximate surface area is 106 Å². The van der Waals surface area contributed by atoms with Crippen LogP contribution in [0.15, 0.2) is 24.8 Å². The molecule has 0 radical (unpaired) electrons. The molecule has 1 amide bonds. The zero-order valence-electron chi connectivity index (χ0n) is 9.76. The molecule has 0 saturated heterocycles. The van der Waals surface area contributed by atoms with Crippen molar-refractivity contribution in [2.24, 2.45) is 0 Å². The van der Waals surface area contributed by atoms with Gasteiger partial charge in [-0.15, -0.1) is 0 Å². The van der Waals surface area contributed by atoms with Crippen molar-refractivity contribution in [3.8, 4) is 0 Å². The lowest BCUT2D eigenvalue weighted by Crippen LogP contribution is -2.42. The largest absolute Gasteiger partial charge is 0.351 e. The number of carbonyl (C=O) groups is 2. The van der Waals surface area contributed by atoms with Gasteiger partial charge in [0.25, 0.3) is 10.1 Å². The molecule has 0 spiro atoms. The molecule has 0 heterocycles. The molecule has 0 aliphatic carbocycles. The Kier molecular flexibility index (Phi) is 7.10.